The fraction of sp³-hybridized carbons (Fsp3) is 0.111. The fourth-order valence-electron chi connectivity index (χ4n) is 2.20. The SMILES string of the molecule is CCOc1ccc(S(=O)(=O)Nc2ccc(Nc3ccccc3)nn2)cc1. The maximum absolute atomic E-state index is 12.4. The van der Waals surface area contributed by atoms with Crippen molar-refractivity contribution < 1.29 is 13.2 Å². The van der Waals surface area contributed by atoms with E-state index in [-0.39, 0.29) is 10.7 Å². The molecule has 0 unspecified atom stereocenters. The Bertz CT molecular complexity index is 944. The predicted octanol–water partition coefficient (Wildman–Crippen LogP) is 3.42. The molecule has 0 aliphatic rings. The number of hydrogen-bond donors (Lipinski definition) is 2. The molecule has 0 saturated heterocycles. The first kappa shape index (κ1) is 17.7. The summed E-state index contributed by atoms with van der Waals surface area (Å²) >= 11 is 0. The van der Waals surface area contributed by atoms with Crippen LogP contribution < -0.4 is 14.8 Å². The van der Waals surface area contributed by atoms with E-state index < -0.39 is 10.0 Å². The standard InChI is InChI=1S/C18H18N4O3S/c1-2-25-15-8-10-16(11-9-15)26(23,24)22-18-13-12-17(20-21-18)19-14-6-4-3-5-7-14/h3-13H,2H2,1H3,(H,19,20)(H,21,22). The van der Waals surface area contributed by atoms with Gasteiger partial charge in [-0.3, -0.25) is 4.72 Å². The molecule has 1 heterocycles. The Morgan fingerprint density at radius 1 is 0.885 bits per heavy atom. The minimum atomic E-state index is -3.75. The molecule has 3 rings (SSSR count). The zero-order valence-corrected chi connectivity index (χ0v) is 14.9. The van der Waals surface area contributed by atoms with Gasteiger partial charge in [-0.15, -0.1) is 10.2 Å². The molecule has 0 aliphatic carbocycles. The first-order valence-electron chi connectivity index (χ1n) is 7.98. The van der Waals surface area contributed by atoms with Crippen LogP contribution in [0.15, 0.2) is 71.6 Å². The molecule has 134 valence electrons. The van der Waals surface area contributed by atoms with Gasteiger partial charge in [0.2, 0.25) is 0 Å². The molecule has 2 aromatic carbocycles. The summed E-state index contributed by atoms with van der Waals surface area (Å²) in [4.78, 5) is 0.120. The van der Waals surface area contributed by atoms with Crippen molar-refractivity contribution in [3.63, 3.8) is 0 Å². The summed E-state index contributed by atoms with van der Waals surface area (Å²) in [5.74, 6) is 1.26. The van der Waals surface area contributed by atoms with Crippen LogP contribution >= 0.6 is 0 Å². The minimum Gasteiger partial charge on any atom is -0.494 e. The quantitative estimate of drug-likeness (QED) is 0.662. The molecule has 0 spiro atoms. The number of nitrogens with one attached hydrogen (secondary N) is 2. The molecule has 0 radical (unpaired) electrons. The van der Waals surface area contributed by atoms with Crippen LogP contribution in [0.25, 0.3) is 0 Å². The molecule has 1 aromatic heterocycles. The number of benzene rings is 2. The van der Waals surface area contributed by atoms with E-state index >= 15 is 0 Å². The second-order valence-corrected chi connectivity index (χ2v) is 6.99. The Morgan fingerprint density at radius 2 is 1.54 bits per heavy atom. The smallest absolute Gasteiger partial charge is 0.263 e. The average Bonchev–Trinajstić information content (AvgIpc) is 2.65. The Balaban J connectivity index is 1.69. The summed E-state index contributed by atoms with van der Waals surface area (Å²) in [6.45, 7) is 2.38. The lowest BCUT2D eigenvalue weighted by Crippen LogP contribution is -2.14. The number of rotatable bonds is 7. The van der Waals surface area contributed by atoms with Crippen LogP contribution in [0.3, 0.4) is 0 Å². The molecule has 0 saturated carbocycles. The number of anilines is 3. The van der Waals surface area contributed by atoms with Crippen LogP contribution in [0, 0.1) is 0 Å². The van der Waals surface area contributed by atoms with Gasteiger partial charge < -0.3 is 10.1 Å². The Labute approximate surface area is 152 Å². The summed E-state index contributed by atoms with van der Waals surface area (Å²) in [6, 6.07) is 18.9. The van der Waals surface area contributed by atoms with Gasteiger partial charge in [-0.1, -0.05) is 18.2 Å². The molecular formula is C18H18N4O3S. The highest BCUT2D eigenvalue weighted by Crippen LogP contribution is 2.19. The largest absolute Gasteiger partial charge is 0.494 e. The molecule has 2 N–H and O–H groups in total. The summed E-state index contributed by atoms with van der Waals surface area (Å²) < 4.78 is 32.5. The van der Waals surface area contributed by atoms with E-state index in [4.69, 9.17) is 4.74 Å². The first-order valence-corrected chi connectivity index (χ1v) is 9.46. The van der Waals surface area contributed by atoms with Crippen LogP contribution in [-0.2, 0) is 10.0 Å². The second kappa shape index (κ2) is 7.83. The van der Waals surface area contributed by atoms with Gasteiger partial charge in [0.1, 0.15) is 5.75 Å². The van der Waals surface area contributed by atoms with Crippen molar-refractivity contribution in [2.75, 3.05) is 16.6 Å². The maximum atomic E-state index is 12.4. The molecule has 0 atom stereocenters. The summed E-state index contributed by atoms with van der Waals surface area (Å²) in [5.41, 5.74) is 0.865. The van der Waals surface area contributed by atoms with Crippen LogP contribution in [0.5, 0.6) is 5.75 Å². The number of nitrogens with zero attached hydrogens (tertiary/aromatic N) is 2. The van der Waals surface area contributed by atoms with E-state index in [1.54, 1.807) is 24.3 Å². The van der Waals surface area contributed by atoms with Crippen molar-refractivity contribution >= 4 is 27.3 Å². The number of sulfonamides is 1. The van der Waals surface area contributed by atoms with Gasteiger partial charge in [0.15, 0.2) is 11.6 Å². The van der Waals surface area contributed by atoms with Crippen molar-refractivity contribution in [1.82, 2.24) is 10.2 Å². The lowest BCUT2D eigenvalue weighted by Gasteiger charge is -2.09. The van der Waals surface area contributed by atoms with Gasteiger partial charge in [0.25, 0.3) is 10.0 Å². The van der Waals surface area contributed by atoms with Crippen LogP contribution in [0.2, 0.25) is 0 Å². The van der Waals surface area contributed by atoms with Gasteiger partial charge in [-0.2, -0.15) is 0 Å². The molecular weight excluding hydrogens is 352 g/mol. The van der Waals surface area contributed by atoms with Crippen molar-refractivity contribution in [2.45, 2.75) is 11.8 Å². The van der Waals surface area contributed by atoms with Gasteiger partial charge >= 0.3 is 0 Å². The summed E-state index contributed by atoms with van der Waals surface area (Å²) in [5, 5.41) is 11.0. The topological polar surface area (TPSA) is 93.2 Å². The Morgan fingerprint density at radius 3 is 2.15 bits per heavy atom. The number of hydrogen-bond acceptors (Lipinski definition) is 6. The highest BCUT2D eigenvalue weighted by molar-refractivity contribution is 7.92. The number of para-hydroxylation sites is 1. The van der Waals surface area contributed by atoms with Gasteiger partial charge in [0, 0.05) is 5.69 Å². The Kier molecular flexibility index (Phi) is 5.33. The third kappa shape index (κ3) is 4.48. The first-order chi connectivity index (χ1) is 12.6. The molecule has 3 aromatic rings. The molecule has 0 amide bonds. The number of ether oxygens (including phenoxy) is 1. The second-order valence-electron chi connectivity index (χ2n) is 5.30. The summed E-state index contributed by atoms with van der Waals surface area (Å²) in [7, 11) is -3.75. The normalized spacial score (nSPS) is 11.0. The zero-order chi connectivity index (χ0) is 18.4. The predicted molar refractivity (Wildman–Crippen MR) is 100 cm³/mol. The average molecular weight is 370 g/mol. The number of aromatic nitrogens is 2. The van der Waals surface area contributed by atoms with E-state index in [1.807, 2.05) is 37.3 Å². The fourth-order valence-corrected chi connectivity index (χ4v) is 3.20. The monoisotopic (exact) mass is 370 g/mol. The van der Waals surface area contributed by atoms with Crippen molar-refractivity contribution in [3.05, 3.63) is 66.7 Å². The van der Waals surface area contributed by atoms with E-state index in [0.29, 0.717) is 18.2 Å². The third-order valence-corrected chi connectivity index (χ3v) is 4.77. The van der Waals surface area contributed by atoms with Gasteiger partial charge in [-0.25, -0.2) is 8.42 Å². The van der Waals surface area contributed by atoms with E-state index in [0.717, 1.165) is 5.69 Å². The van der Waals surface area contributed by atoms with E-state index in [2.05, 4.69) is 20.2 Å². The Hall–Kier alpha value is -3.13. The zero-order valence-electron chi connectivity index (χ0n) is 14.1. The molecule has 26 heavy (non-hydrogen) atoms. The highest BCUT2D eigenvalue weighted by atomic mass is 32.2. The van der Waals surface area contributed by atoms with Crippen LogP contribution in [0.1, 0.15) is 6.92 Å². The lowest BCUT2D eigenvalue weighted by atomic mass is 10.3. The van der Waals surface area contributed by atoms with E-state index in [9.17, 15) is 8.42 Å². The maximum Gasteiger partial charge on any atom is 0.263 e. The lowest BCUT2D eigenvalue weighted by molar-refractivity contribution is 0.340. The van der Waals surface area contributed by atoms with Crippen LogP contribution in [0.4, 0.5) is 17.3 Å². The summed E-state index contributed by atoms with van der Waals surface area (Å²) in [6.07, 6.45) is 0. The molecule has 0 aliphatic heterocycles. The molecule has 0 fully saturated rings. The van der Waals surface area contributed by atoms with Gasteiger partial charge in [-0.05, 0) is 55.5 Å². The molecule has 7 nitrogen and oxygen atoms in total. The molecule has 8 heteroatoms. The van der Waals surface area contributed by atoms with E-state index in [1.165, 1.54) is 12.1 Å². The molecule has 0 bridgehead atoms. The van der Waals surface area contributed by atoms with Crippen molar-refractivity contribution in [2.24, 2.45) is 0 Å². The van der Waals surface area contributed by atoms with Crippen molar-refractivity contribution in [1.29, 1.82) is 0 Å². The third-order valence-electron chi connectivity index (χ3n) is 3.39. The minimum absolute atomic E-state index is 0.120. The van der Waals surface area contributed by atoms with Crippen LogP contribution in [-0.4, -0.2) is 25.2 Å². The highest BCUT2D eigenvalue weighted by Gasteiger charge is 2.15. The van der Waals surface area contributed by atoms with Crippen molar-refractivity contribution in [3.8, 4) is 5.75 Å². The van der Waals surface area contributed by atoms with Gasteiger partial charge in [0.05, 0.1) is 11.5 Å².